The molecule has 2 fully saturated rings. The maximum Gasteiger partial charge on any atom is 0.230 e. The highest BCUT2D eigenvalue weighted by Crippen LogP contribution is 2.23. The molecule has 0 spiro atoms. The third-order valence-electron chi connectivity index (χ3n) is 4.17. The average molecular weight is 285 g/mol. The third-order valence-corrected chi connectivity index (χ3v) is 4.17. The summed E-state index contributed by atoms with van der Waals surface area (Å²) in [6, 6.07) is 3.91. The van der Waals surface area contributed by atoms with Crippen LogP contribution in [0.25, 0.3) is 0 Å². The molecule has 3 rings (SSSR count). The number of likely N-dealkylation sites (tertiary alicyclic amines) is 1. The van der Waals surface area contributed by atoms with E-state index in [1.807, 2.05) is 12.1 Å². The van der Waals surface area contributed by atoms with Gasteiger partial charge in [0, 0.05) is 44.1 Å². The van der Waals surface area contributed by atoms with Gasteiger partial charge in [-0.1, -0.05) is 0 Å². The van der Waals surface area contributed by atoms with E-state index in [1.165, 1.54) is 12.8 Å². The maximum absolute atomic E-state index is 12.2. The first-order valence-corrected chi connectivity index (χ1v) is 7.43. The predicted octanol–water partition coefficient (Wildman–Crippen LogP) is 1.42. The van der Waals surface area contributed by atoms with Crippen molar-refractivity contribution in [3.63, 3.8) is 0 Å². The Morgan fingerprint density at radius 3 is 2.90 bits per heavy atom. The van der Waals surface area contributed by atoms with Gasteiger partial charge in [0.1, 0.15) is 5.82 Å². The number of hydrogen-bond donors (Lipinski definition) is 1. The zero-order chi connectivity index (χ0) is 14.7. The number of pyridine rings is 1. The van der Waals surface area contributed by atoms with Crippen molar-refractivity contribution in [3.8, 4) is 6.19 Å². The summed E-state index contributed by atoms with van der Waals surface area (Å²) in [5.74, 6) is 0.431. The molecule has 1 amide bonds. The lowest BCUT2D eigenvalue weighted by atomic mass is 10.1. The summed E-state index contributed by atoms with van der Waals surface area (Å²) < 4.78 is 0. The summed E-state index contributed by atoms with van der Waals surface area (Å²) in [4.78, 5) is 20.4. The predicted molar refractivity (Wildman–Crippen MR) is 79.6 cm³/mol. The second-order valence-corrected chi connectivity index (χ2v) is 5.61. The van der Waals surface area contributed by atoms with Gasteiger partial charge in [-0.15, -0.1) is 0 Å². The van der Waals surface area contributed by atoms with E-state index in [0.717, 1.165) is 25.2 Å². The topological polar surface area (TPSA) is 72.3 Å². The Hall–Kier alpha value is -2.29. The number of nitrogens with one attached hydrogen (secondary N) is 1. The van der Waals surface area contributed by atoms with Gasteiger partial charge in [-0.2, -0.15) is 5.26 Å². The molecule has 1 unspecified atom stereocenters. The van der Waals surface area contributed by atoms with E-state index in [4.69, 9.17) is 5.26 Å². The fourth-order valence-electron chi connectivity index (χ4n) is 2.95. The van der Waals surface area contributed by atoms with Crippen molar-refractivity contribution in [2.45, 2.75) is 19.3 Å². The fraction of sp³-hybridized carbons (Fsp3) is 0.533. The highest BCUT2D eigenvalue weighted by molar-refractivity contribution is 5.92. The second kappa shape index (κ2) is 6.00. The molecule has 0 saturated carbocycles. The monoisotopic (exact) mass is 285 g/mol. The average Bonchev–Trinajstić information content (AvgIpc) is 3.19. The van der Waals surface area contributed by atoms with Crippen LogP contribution < -0.4 is 10.2 Å². The van der Waals surface area contributed by atoms with Crippen molar-refractivity contribution in [2.24, 2.45) is 5.92 Å². The van der Waals surface area contributed by atoms with Crippen molar-refractivity contribution in [3.05, 3.63) is 18.3 Å². The standard InChI is InChI=1S/C15H19N5O/c16-11-19-8-4-12(10-19)15(21)18-14-9-13(3-5-17-14)20-6-1-2-7-20/h3,5,9,12H,1-2,4,6-8,10H2,(H,17,18,21). The number of anilines is 2. The summed E-state index contributed by atoms with van der Waals surface area (Å²) in [5, 5.41) is 11.7. The third kappa shape index (κ3) is 3.07. The second-order valence-electron chi connectivity index (χ2n) is 5.61. The molecule has 21 heavy (non-hydrogen) atoms. The Kier molecular flexibility index (Phi) is 3.91. The Labute approximate surface area is 124 Å². The molecule has 0 bridgehead atoms. The number of hydrogen-bond acceptors (Lipinski definition) is 5. The summed E-state index contributed by atoms with van der Waals surface area (Å²) in [6.07, 6.45) is 6.99. The molecule has 1 aromatic heterocycles. The lowest BCUT2D eigenvalue weighted by Gasteiger charge is -2.18. The largest absolute Gasteiger partial charge is 0.371 e. The Balaban J connectivity index is 1.63. The number of amides is 1. The van der Waals surface area contributed by atoms with Gasteiger partial charge in [0.2, 0.25) is 5.91 Å². The Bertz CT molecular complexity index is 561. The SMILES string of the molecule is N#CN1CCC(C(=O)Nc2cc(N3CCCC3)ccn2)C1. The van der Waals surface area contributed by atoms with Crippen molar-refractivity contribution < 1.29 is 4.79 Å². The normalized spacial score (nSPS) is 21.4. The highest BCUT2D eigenvalue weighted by atomic mass is 16.2. The zero-order valence-corrected chi connectivity index (χ0v) is 12.0. The van der Waals surface area contributed by atoms with E-state index in [0.29, 0.717) is 18.9 Å². The molecule has 110 valence electrons. The fourth-order valence-corrected chi connectivity index (χ4v) is 2.95. The van der Waals surface area contributed by atoms with Gasteiger partial charge in [-0.3, -0.25) is 4.79 Å². The minimum absolute atomic E-state index is 0.0428. The van der Waals surface area contributed by atoms with E-state index < -0.39 is 0 Å². The van der Waals surface area contributed by atoms with Crippen LogP contribution in [0, 0.1) is 17.4 Å². The van der Waals surface area contributed by atoms with Crippen molar-refractivity contribution in [1.82, 2.24) is 9.88 Å². The smallest absolute Gasteiger partial charge is 0.230 e. The number of nitriles is 1. The van der Waals surface area contributed by atoms with E-state index in [2.05, 4.69) is 21.4 Å². The Morgan fingerprint density at radius 2 is 2.19 bits per heavy atom. The minimum atomic E-state index is -0.123. The van der Waals surface area contributed by atoms with Crippen molar-refractivity contribution in [1.29, 1.82) is 5.26 Å². The quantitative estimate of drug-likeness (QED) is 0.850. The van der Waals surface area contributed by atoms with Gasteiger partial charge in [-0.05, 0) is 25.3 Å². The lowest BCUT2D eigenvalue weighted by Crippen LogP contribution is -2.26. The van der Waals surface area contributed by atoms with Crippen LogP contribution in [-0.4, -0.2) is 42.0 Å². The van der Waals surface area contributed by atoms with Crippen LogP contribution in [0.1, 0.15) is 19.3 Å². The molecule has 1 atom stereocenters. The van der Waals surface area contributed by atoms with Crippen LogP contribution in [0.4, 0.5) is 11.5 Å². The first-order valence-electron chi connectivity index (χ1n) is 7.43. The van der Waals surface area contributed by atoms with Crippen LogP contribution >= 0.6 is 0 Å². The molecule has 6 heteroatoms. The highest BCUT2D eigenvalue weighted by Gasteiger charge is 2.28. The molecule has 1 aromatic rings. The molecule has 2 saturated heterocycles. The molecule has 2 aliphatic heterocycles. The molecule has 1 N–H and O–H groups in total. The van der Waals surface area contributed by atoms with E-state index in [-0.39, 0.29) is 11.8 Å². The van der Waals surface area contributed by atoms with E-state index >= 15 is 0 Å². The molecule has 6 nitrogen and oxygen atoms in total. The summed E-state index contributed by atoms with van der Waals surface area (Å²) in [6.45, 7) is 3.30. The number of carbonyl (C=O) groups is 1. The van der Waals surface area contributed by atoms with Crippen LogP contribution in [0.3, 0.4) is 0 Å². The first-order chi connectivity index (χ1) is 10.3. The van der Waals surface area contributed by atoms with Gasteiger partial charge < -0.3 is 15.1 Å². The molecule has 2 aliphatic rings. The number of nitrogens with zero attached hydrogens (tertiary/aromatic N) is 4. The van der Waals surface area contributed by atoms with Crippen molar-refractivity contribution >= 4 is 17.4 Å². The van der Waals surface area contributed by atoms with Gasteiger partial charge in [0.15, 0.2) is 6.19 Å². The first kappa shape index (κ1) is 13.7. The minimum Gasteiger partial charge on any atom is -0.371 e. The molecular weight excluding hydrogens is 266 g/mol. The van der Waals surface area contributed by atoms with Gasteiger partial charge >= 0.3 is 0 Å². The molecule has 0 aromatic carbocycles. The zero-order valence-electron chi connectivity index (χ0n) is 12.0. The van der Waals surface area contributed by atoms with Crippen LogP contribution in [0.5, 0.6) is 0 Å². The molecule has 3 heterocycles. The molecule has 0 radical (unpaired) electrons. The van der Waals surface area contributed by atoms with Crippen LogP contribution in [-0.2, 0) is 4.79 Å². The number of aromatic nitrogens is 1. The maximum atomic E-state index is 12.2. The molecular formula is C15H19N5O. The lowest BCUT2D eigenvalue weighted by molar-refractivity contribution is -0.119. The number of carbonyl (C=O) groups excluding carboxylic acids is 1. The Morgan fingerprint density at radius 1 is 1.38 bits per heavy atom. The van der Waals surface area contributed by atoms with E-state index in [1.54, 1.807) is 11.1 Å². The summed E-state index contributed by atoms with van der Waals surface area (Å²) >= 11 is 0. The van der Waals surface area contributed by atoms with Gasteiger partial charge in [-0.25, -0.2) is 4.98 Å². The van der Waals surface area contributed by atoms with Crippen LogP contribution in [0.2, 0.25) is 0 Å². The summed E-state index contributed by atoms with van der Waals surface area (Å²) in [7, 11) is 0. The summed E-state index contributed by atoms with van der Waals surface area (Å²) in [5.41, 5.74) is 1.11. The van der Waals surface area contributed by atoms with Gasteiger partial charge in [0.05, 0.1) is 5.92 Å². The van der Waals surface area contributed by atoms with Crippen molar-refractivity contribution in [2.75, 3.05) is 36.4 Å². The number of rotatable bonds is 3. The van der Waals surface area contributed by atoms with Gasteiger partial charge in [0.25, 0.3) is 0 Å². The van der Waals surface area contributed by atoms with E-state index in [9.17, 15) is 4.79 Å². The molecule has 0 aliphatic carbocycles. The van der Waals surface area contributed by atoms with Crippen LogP contribution in [0.15, 0.2) is 18.3 Å².